The molecule has 0 radical (unpaired) electrons. The van der Waals surface area contributed by atoms with Crippen LogP contribution in [0, 0.1) is 5.92 Å². The lowest BCUT2D eigenvalue weighted by Crippen LogP contribution is -2.41. The number of unbranched alkanes of at least 4 members (excludes halogenated alkanes) is 1. The van der Waals surface area contributed by atoms with Gasteiger partial charge in [-0.3, -0.25) is 4.90 Å². The van der Waals surface area contributed by atoms with Gasteiger partial charge in [0.1, 0.15) is 11.5 Å². The number of benzene rings is 2. The van der Waals surface area contributed by atoms with E-state index in [1.165, 1.54) is 72.2 Å². The van der Waals surface area contributed by atoms with E-state index in [1.807, 2.05) is 35.6 Å². The summed E-state index contributed by atoms with van der Waals surface area (Å²) in [5.74, 6) is 1.83. The molecule has 3 nitrogen and oxygen atoms in total. The summed E-state index contributed by atoms with van der Waals surface area (Å²) < 4.78 is 0. The quantitative estimate of drug-likeness (QED) is 0.210. The molecule has 2 aliphatic rings. The van der Waals surface area contributed by atoms with Gasteiger partial charge in [-0.2, -0.15) is 0 Å². The number of phenolic OH excluding ortho intramolecular Hbond substituents is 2. The van der Waals surface area contributed by atoms with Crippen LogP contribution < -0.4 is 0 Å². The van der Waals surface area contributed by atoms with Crippen LogP contribution in [0.15, 0.2) is 53.9 Å². The Balaban J connectivity index is 0.000000390. The zero-order valence-electron chi connectivity index (χ0n) is 24.0. The number of phenols is 2. The third-order valence-corrected chi connectivity index (χ3v) is 9.15. The van der Waals surface area contributed by atoms with Crippen molar-refractivity contribution in [2.24, 2.45) is 5.92 Å². The van der Waals surface area contributed by atoms with E-state index >= 15 is 0 Å². The van der Waals surface area contributed by atoms with Crippen LogP contribution >= 0.6 is 72.5 Å². The molecule has 0 saturated heterocycles. The SMILES string of the molecule is C.CCCC[C@H]1CCc2c(O)cccc2C1.CCCN(CCc1cccs1)[C@H]1CCc2c(O)cccc2C1.I.II. The maximum absolute atomic E-state index is 10.0. The van der Waals surface area contributed by atoms with Crippen LogP contribution in [0.5, 0.6) is 11.5 Å². The number of aromatic hydroxyl groups is 2. The van der Waals surface area contributed by atoms with Crippen molar-refractivity contribution in [2.45, 2.75) is 97.9 Å². The van der Waals surface area contributed by atoms with Gasteiger partial charge in [0.15, 0.2) is 0 Å². The van der Waals surface area contributed by atoms with Gasteiger partial charge in [-0.05, 0) is 110 Å². The summed E-state index contributed by atoms with van der Waals surface area (Å²) in [6.07, 6.45) is 13.1. The number of hydrogen-bond donors (Lipinski definition) is 2. The molecule has 0 fully saturated rings. The summed E-state index contributed by atoms with van der Waals surface area (Å²) in [5, 5.41) is 21.9. The van der Waals surface area contributed by atoms with E-state index in [0.29, 0.717) is 17.5 Å². The molecule has 230 valence electrons. The molecule has 5 rings (SSSR count). The summed E-state index contributed by atoms with van der Waals surface area (Å²) in [4.78, 5) is 4.14. The highest BCUT2D eigenvalue weighted by molar-refractivity contribution is 15.0. The first-order chi connectivity index (χ1) is 19.1. The Morgan fingerprint density at radius 1 is 0.829 bits per heavy atom. The molecule has 3 aromatic rings. The van der Waals surface area contributed by atoms with E-state index in [-0.39, 0.29) is 31.4 Å². The summed E-state index contributed by atoms with van der Waals surface area (Å²) in [6, 6.07) is 16.9. The molecule has 0 aliphatic heterocycles. The van der Waals surface area contributed by atoms with Gasteiger partial charge in [-0.1, -0.05) is 70.9 Å². The minimum Gasteiger partial charge on any atom is -0.508 e. The van der Waals surface area contributed by atoms with Gasteiger partial charge in [0.2, 0.25) is 0 Å². The third-order valence-electron chi connectivity index (χ3n) is 8.21. The predicted molar refractivity (Wildman–Crippen MR) is 207 cm³/mol. The van der Waals surface area contributed by atoms with Gasteiger partial charge in [0.25, 0.3) is 0 Å². The van der Waals surface area contributed by atoms with Crippen molar-refractivity contribution in [1.29, 1.82) is 0 Å². The molecule has 1 aromatic heterocycles. The second kappa shape index (κ2) is 21.6. The Hall–Kier alpha value is -0.110. The normalized spacial score (nSPS) is 16.9. The summed E-state index contributed by atoms with van der Waals surface area (Å²) in [5.41, 5.74) is 5.09. The average Bonchev–Trinajstić information content (AvgIpc) is 3.49. The smallest absolute Gasteiger partial charge is 0.119 e. The fourth-order valence-corrected chi connectivity index (χ4v) is 6.85. The number of halogens is 3. The molecule has 2 atom stereocenters. The molecule has 0 unspecified atom stereocenters. The lowest BCUT2D eigenvalue weighted by atomic mass is 9.81. The fraction of sp³-hybridized carbons (Fsp3) is 0.529. The van der Waals surface area contributed by atoms with E-state index in [2.05, 4.69) is 85.6 Å². The molecule has 0 bridgehead atoms. The number of fused-ring (bicyclic) bond motifs is 2. The van der Waals surface area contributed by atoms with Crippen LogP contribution in [-0.2, 0) is 32.1 Å². The van der Waals surface area contributed by atoms with Crippen molar-refractivity contribution in [3.8, 4) is 11.5 Å². The zero-order chi connectivity index (χ0) is 28.0. The van der Waals surface area contributed by atoms with Gasteiger partial charge >= 0.3 is 0 Å². The van der Waals surface area contributed by atoms with Crippen molar-refractivity contribution in [3.63, 3.8) is 0 Å². The van der Waals surface area contributed by atoms with Gasteiger partial charge in [0, 0.05) is 54.7 Å². The van der Waals surface area contributed by atoms with E-state index in [9.17, 15) is 10.2 Å². The minimum absolute atomic E-state index is 0. The standard InChI is InChI=1S/C19H25NOS.C14H20O.CH4.I2.HI/c1-2-11-20(12-10-17-6-4-13-22-17)16-8-9-18-15(14-16)5-3-7-19(18)21;1-2-3-5-11-8-9-13-12(10-11)6-4-7-14(13)15;;1-2;/h3-7,13,16,21H,2,8-12,14H2,1H3;4,6-7,11,15H,2-3,5,8-10H2,1H3;1H4;;1H/t16-;11-;;;/m00.../s1. The van der Waals surface area contributed by atoms with Gasteiger partial charge in [-0.25, -0.2) is 0 Å². The number of nitrogens with zero attached hydrogens (tertiary/aromatic N) is 1. The van der Waals surface area contributed by atoms with Gasteiger partial charge in [0.05, 0.1) is 0 Å². The van der Waals surface area contributed by atoms with Gasteiger partial charge in [-0.15, -0.1) is 35.3 Å². The topological polar surface area (TPSA) is 43.7 Å². The Bertz CT molecular complexity index is 1110. The molecule has 1 heterocycles. The second-order valence-corrected chi connectivity index (χ2v) is 11.9. The summed E-state index contributed by atoms with van der Waals surface area (Å²) in [6.45, 7) is 6.83. The highest BCUT2D eigenvalue weighted by Crippen LogP contribution is 2.33. The van der Waals surface area contributed by atoms with Crippen LogP contribution in [-0.4, -0.2) is 34.2 Å². The molecule has 0 amide bonds. The van der Waals surface area contributed by atoms with E-state index in [0.717, 1.165) is 44.6 Å². The first-order valence-corrected chi connectivity index (χ1v) is 21.8. The number of rotatable bonds is 9. The van der Waals surface area contributed by atoms with Crippen LogP contribution in [0.4, 0.5) is 0 Å². The third kappa shape index (κ3) is 12.1. The summed E-state index contributed by atoms with van der Waals surface area (Å²) >= 11 is 6.10. The molecule has 2 N–H and O–H groups in total. The van der Waals surface area contributed by atoms with Crippen molar-refractivity contribution >= 4 is 72.5 Å². The lowest BCUT2D eigenvalue weighted by molar-refractivity contribution is 0.181. The highest BCUT2D eigenvalue weighted by atomic mass is 128. The molecule has 2 aliphatic carbocycles. The second-order valence-electron chi connectivity index (χ2n) is 10.8. The van der Waals surface area contributed by atoms with Crippen molar-refractivity contribution < 1.29 is 10.2 Å². The molecule has 41 heavy (non-hydrogen) atoms. The Kier molecular flexibility index (Phi) is 20.5. The van der Waals surface area contributed by atoms with Crippen molar-refractivity contribution in [1.82, 2.24) is 4.90 Å². The first kappa shape index (κ1) is 38.9. The largest absolute Gasteiger partial charge is 0.508 e. The van der Waals surface area contributed by atoms with E-state index in [1.54, 1.807) is 0 Å². The number of thiophene rings is 1. The number of hydrogen-bond acceptors (Lipinski definition) is 4. The molecule has 7 heteroatoms. The van der Waals surface area contributed by atoms with Crippen LogP contribution in [0.25, 0.3) is 0 Å². The van der Waals surface area contributed by atoms with Crippen molar-refractivity contribution in [2.75, 3.05) is 13.1 Å². The molecular formula is C34H50I3NO2S. The van der Waals surface area contributed by atoms with E-state index < -0.39 is 0 Å². The highest BCUT2D eigenvalue weighted by Gasteiger charge is 2.25. The zero-order valence-corrected chi connectivity index (χ0v) is 31.4. The van der Waals surface area contributed by atoms with Crippen molar-refractivity contribution in [3.05, 3.63) is 81.0 Å². The molecule has 0 spiro atoms. The lowest BCUT2D eigenvalue weighted by Gasteiger charge is -2.35. The summed E-state index contributed by atoms with van der Waals surface area (Å²) in [7, 11) is 0. The van der Waals surface area contributed by atoms with E-state index in [4.69, 9.17) is 0 Å². The van der Waals surface area contributed by atoms with Crippen LogP contribution in [0.3, 0.4) is 0 Å². The maximum Gasteiger partial charge on any atom is 0.119 e. The Labute approximate surface area is 294 Å². The first-order valence-electron chi connectivity index (χ1n) is 14.6. The molecular weight excluding hydrogens is 867 g/mol. The maximum atomic E-state index is 10.0. The molecule has 0 saturated carbocycles. The Morgan fingerprint density at radius 3 is 2.05 bits per heavy atom. The average molecular weight is 918 g/mol. The molecule has 2 aromatic carbocycles. The Morgan fingerprint density at radius 2 is 1.46 bits per heavy atom. The van der Waals surface area contributed by atoms with Crippen LogP contribution in [0.2, 0.25) is 0 Å². The fourth-order valence-electron chi connectivity index (χ4n) is 6.15. The predicted octanol–water partition coefficient (Wildman–Crippen LogP) is 11.0. The monoisotopic (exact) mass is 917 g/mol. The minimum atomic E-state index is 0. The van der Waals surface area contributed by atoms with Crippen LogP contribution in [0.1, 0.15) is 86.9 Å². The van der Waals surface area contributed by atoms with Gasteiger partial charge < -0.3 is 10.2 Å².